The van der Waals surface area contributed by atoms with Gasteiger partial charge in [0.2, 0.25) is 0 Å². The van der Waals surface area contributed by atoms with Gasteiger partial charge in [0.1, 0.15) is 28.3 Å². The van der Waals surface area contributed by atoms with Gasteiger partial charge < -0.3 is 14.6 Å². The fourth-order valence-electron chi connectivity index (χ4n) is 3.20. The number of hydrogen-bond donors (Lipinski definition) is 1. The van der Waals surface area contributed by atoms with Gasteiger partial charge in [0.25, 0.3) is 0 Å². The molecule has 6 heteroatoms. The lowest BCUT2D eigenvalue weighted by atomic mass is 10.1. The maximum absolute atomic E-state index is 12.4. The SMILES string of the molecule is CC1(C)C(C=C(Cl)Cl)[C@H]1C(=O)OCc1cccc(Oc2cccc(O)c2)c1. The van der Waals surface area contributed by atoms with Crippen molar-refractivity contribution in [3.63, 3.8) is 0 Å². The van der Waals surface area contributed by atoms with E-state index in [-0.39, 0.29) is 40.1 Å². The maximum atomic E-state index is 12.4. The van der Waals surface area contributed by atoms with Crippen LogP contribution in [0, 0.1) is 17.3 Å². The molecule has 0 bridgehead atoms. The minimum absolute atomic E-state index is 0.0181. The average molecular weight is 407 g/mol. The second-order valence-corrected chi connectivity index (χ2v) is 8.14. The first-order chi connectivity index (χ1) is 12.8. The van der Waals surface area contributed by atoms with Crippen LogP contribution in [0.1, 0.15) is 19.4 Å². The van der Waals surface area contributed by atoms with Crippen molar-refractivity contribution in [1.82, 2.24) is 0 Å². The van der Waals surface area contributed by atoms with Gasteiger partial charge >= 0.3 is 5.97 Å². The summed E-state index contributed by atoms with van der Waals surface area (Å²) in [5, 5.41) is 9.51. The largest absolute Gasteiger partial charge is 0.508 e. The summed E-state index contributed by atoms with van der Waals surface area (Å²) in [4.78, 5) is 12.4. The minimum atomic E-state index is -0.268. The van der Waals surface area contributed by atoms with Crippen molar-refractivity contribution in [1.29, 1.82) is 0 Å². The Morgan fingerprint density at radius 1 is 1.15 bits per heavy atom. The minimum Gasteiger partial charge on any atom is -0.508 e. The van der Waals surface area contributed by atoms with E-state index < -0.39 is 0 Å². The maximum Gasteiger partial charge on any atom is 0.310 e. The lowest BCUT2D eigenvalue weighted by Gasteiger charge is -2.09. The summed E-state index contributed by atoms with van der Waals surface area (Å²) in [6, 6.07) is 13.8. The Balaban J connectivity index is 1.60. The van der Waals surface area contributed by atoms with E-state index in [0.717, 1.165) is 5.56 Å². The van der Waals surface area contributed by atoms with Crippen LogP contribution in [-0.2, 0) is 16.1 Å². The fourth-order valence-corrected chi connectivity index (χ4v) is 3.47. The van der Waals surface area contributed by atoms with Crippen LogP contribution >= 0.6 is 23.2 Å². The molecule has 1 unspecified atom stereocenters. The quantitative estimate of drug-likeness (QED) is 0.614. The zero-order chi connectivity index (χ0) is 19.6. The number of allylic oxidation sites excluding steroid dienone is 1. The van der Waals surface area contributed by atoms with E-state index in [0.29, 0.717) is 11.5 Å². The van der Waals surface area contributed by atoms with Crippen molar-refractivity contribution >= 4 is 29.2 Å². The van der Waals surface area contributed by atoms with E-state index in [2.05, 4.69) is 0 Å². The summed E-state index contributed by atoms with van der Waals surface area (Å²) in [6.07, 6.45) is 1.69. The summed E-state index contributed by atoms with van der Waals surface area (Å²) in [5.41, 5.74) is 0.591. The third-order valence-corrected chi connectivity index (χ3v) is 5.06. The molecule has 0 aromatic heterocycles. The van der Waals surface area contributed by atoms with Crippen LogP contribution < -0.4 is 4.74 Å². The highest BCUT2D eigenvalue weighted by molar-refractivity contribution is 6.55. The molecule has 1 fully saturated rings. The standard InChI is InChI=1S/C21H20Cl2O4/c1-21(2)17(11-18(22)23)19(21)20(25)26-12-13-5-3-7-15(9-13)27-16-8-4-6-14(24)10-16/h3-11,17,19,24H,12H2,1-2H3/t17?,19-/m0/s1. The van der Waals surface area contributed by atoms with Gasteiger partial charge in [-0.3, -0.25) is 4.79 Å². The number of rotatable bonds is 6. The van der Waals surface area contributed by atoms with Crippen molar-refractivity contribution in [3.05, 3.63) is 64.7 Å². The summed E-state index contributed by atoms with van der Waals surface area (Å²) < 4.78 is 11.4. The summed E-state index contributed by atoms with van der Waals surface area (Å²) in [6.45, 7) is 4.12. The second-order valence-electron chi connectivity index (χ2n) is 7.14. The van der Waals surface area contributed by atoms with Gasteiger partial charge in [-0.1, -0.05) is 55.2 Å². The van der Waals surface area contributed by atoms with Crippen LogP contribution in [0.2, 0.25) is 0 Å². The lowest BCUT2D eigenvalue weighted by molar-refractivity contribution is -0.147. The van der Waals surface area contributed by atoms with Crippen LogP contribution in [0.3, 0.4) is 0 Å². The smallest absolute Gasteiger partial charge is 0.310 e. The third kappa shape index (κ3) is 4.76. The second kappa shape index (κ2) is 7.83. The number of phenols is 1. The van der Waals surface area contributed by atoms with Crippen molar-refractivity contribution in [2.24, 2.45) is 17.3 Å². The molecule has 1 N–H and O–H groups in total. The van der Waals surface area contributed by atoms with E-state index in [1.54, 1.807) is 36.4 Å². The molecule has 142 valence electrons. The number of benzene rings is 2. The molecule has 0 aliphatic heterocycles. The zero-order valence-electron chi connectivity index (χ0n) is 15.0. The Hall–Kier alpha value is -2.17. The van der Waals surface area contributed by atoms with E-state index in [1.165, 1.54) is 6.07 Å². The Kier molecular flexibility index (Phi) is 5.68. The molecule has 2 atom stereocenters. The molecule has 0 heterocycles. The van der Waals surface area contributed by atoms with Gasteiger partial charge in [-0.25, -0.2) is 0 Å². The monoisotopic (exact) mass is 406 g/mol. The van der Waals surface area contributed by atoms with Gasteiger partial charge in [-0.15, -0.1) is 0 Å². The Morgan fingerprint density at radius 2 is 1.81 bits per heavy atom. The van der Waals surface area contributed by atoms with Gasteiger partial charge in [0.05, 0.1) is 5.92 Å². The molecule has 0 saturated heterocycles. The molecule has 0 radical (unpaired) electrons. The number of phenolic OH excluding ortho intramolecular Hbond substituents is 1. The Morgan fingerprint density at radius 3 is 2.48 bits per heavy atom. The first-order valence-corrected chi connectivity index (χ1v) is 9.28. The molecule has 0 spiro atoms. The first kappa shape index (κ1) is 19.6. The van der Waals surface area contributed by atoms with Crippen molar-refractivity contribution in [2.75, 3.05) is 0 Å². The molecular formula is C21H20Cl2O4. The van der Waals surface area contributed by atoms with Crippen LogP contribution in [0.15, 0.2) is 59.1 Å². The normalized spacial score (nSPS) is 19.9. The molecule has 0 amide bonds. The predicted molar refractivity (Wildman–Crippen MR) is 105 cm³/mol. The number of aromatic hydroxyl groups is 1. The average Bonchev–Trinajstić information content (AvgIpc) is 3.12. The number of carbonyl (C=O) groups is 1. The molecule has 4 nitrogen and oxygen atoms in total. The fraction of sp³-hybridized carbons (Fsp3) is 0.286. The van der Waals surface area contributed by atoms with Crippen molar-refractivity contribution in [3.8, 4) is 17.2 Å². The Bertz CT molecular complexity index is 872. The molecule has 2 aromatic carbocycles. The number of ether oxygens (including phenoxy) is 2. The van der Waals surface area contributed by atoms with Crippen molar-refractivity contribution in [2.45, 2.75) is 20.5 Å². The van der Waals surface area contributed by atoms with Crippen LogP contribution in [0.5, 0.6) is 17.2 Å². The van der Waals surface area contributed by atoms with Gasteiger partial charge in [-0.2, -0.15) is 0 Å². The van der Waals surface area contributed by atoms with E-state index in [9.17, 15) is 9.90 Å². The first-order valence-electron chi connectivity index (χ1n) is 8.52. The van der Waals surface area contributed by atoms with E-state index in [1.807, 2.05) is 26.0 Å². The van der Waals surface area contributed by atoms with Crippen LogP contribution in [0.25, 0.3) is 0 Å². The summed E-state index contributed by atoms with van der Waals surface area (Å²) in [5.74, 6) is 0.708. The highest BCUT2D eigenvalue weighted by atomic mass is 35.5. The molecule has 1 saturated carbocycles. The predicted octanol–water partition coefficient (Wildman–Crippen LogP) is 5.82. The van der Waals surface area contributed by atoms with Crippen LogP contribution in [-0.4, -0.2) is 11.1 Å². The van der Waals surface area contributed by atoms with E-state index in [4.69, 9.17) is 32.7 Å². The lowest BCUT2D eigenvalue weighted by Crippen LogP contribution is -2.10. The topological polar surface area (TPSA) is 55.8 Å². The molecule has 2 aromatic rings. The van der Waals surface area contributed by atoms with E-state index >= 15 is 0 Å². The highest BCUT2D eigenvalue weighted by Crippen LogP contribution is 2.60. The van der Waals surface area contributed by atoms with Gasteiger partial charge in [0.15, 0.2) is 0 Å². The van der Waals surface area contributed by atoms with Crippen molar-refractivity contribution < 1.29 is 19.4 Å². The number of halogens is 2. The third-order valence-electron chi connectivity index (χ3n) is 4.80. The molecule has 1 aliphatic carbocycles. The highest BCUT2D eigenvalue weighted by Gasteiger charge is 2.61. The Labute approximate surface area is 168 Å². The summed E-state index contributed by atoms with van der Waals surface area (Å²) >= 11 is 11.4. The number of carbonyl (C=O) groups excluding carboxylic acids is 1. The molecule has 1 aliphatic rings. The van der Waals surface area contributed by atoms with Gasteiger partial charge in [0, 0.05) is 6.07 Å². The summed E-state index contributed by atoms with van der Waals surface area (Å²) in [7, 11) is 0. The molecule has 27 heavy (non-hydrogen) atoms. The zero-order valence-corrected chi connectivity index (χ0v) is 16.5. The van der Waals surface area contributed by atoms with Crippen LogP contribution in [0.4, 0.5) is 0 Å². The molecular weight excluding hydrogens is 387 g/mol. The van der Waals surface area contributed by atoms with Gasteiger partial charge in [-0.05, 0) is 47.2 Å². The molecule has 3 rings (SSSR count). The number of hydrogen-bond acceptors (Lipinski definition) is 4. The number of esters is 1.